The Balaban J connectivity index is 1.32. The molecule has 9 heteroatoms. The smallest absolute Gasteiger partial charge is 0.269 e. The molecular weight excluding hydrogens is 384 g/mol. The topological polar surface area (TPSA) is 95.7 Å². The molecule has 0 bridgehead atoms. The molecule has 1 amide bonds. The molecule has 0 N–H and O–H groups in total. The summed E-state index contributed by atoms with van der Waals surface area (Å²) in [4.78, 5) is 29.2. The van der Waals surface area contributed by atoms with E-state index in [2.05, 4.69) is 26.9 Å². The zero-order chi connectivity index (χ0) is 21.1. The van der Waals surface area contributed by atoms with Crippen molar-refractivity contribution in [1.29, 1.82) is 0 Å². The molecule has 1 aromatic heterocycles. The molecule has 0 spiro atoms. The van der Waals surface area contributed by atoms with E-state index in [4.69, 9.17) is 0 Å². The molecule has 0 unspecified atom stereocenters. The van der Waals surface area contributed by atoms with Gasteiger partial charge in [-0.15, -0.1) is 10.2 Å². The van der Waals surface area contributed by atoms with Crippen molar-refractivity contribution in [2.45, 2.75) is 19.8 Å². The lowest BCUT2D eigenvalue weighted by Gasteiger charge is -2.35. The van der Waals surface area contributed by atoms with E-state index in [1.54, 1.807) is 4.90 Å². The molecule has 0 atom stereocenters. The molecule has 3 heterocycles. The molecule has 0 saturated carbocycles. The summed E-state index contributed by atoms with van der Waals surface area (Å²) in [5.41, 5.74) is 0.450. The van der Waals surface area contributed by atoms with Gasteiger partial charge in [0.15, 0.2) is 11.6 Å². The van der Waals surface area contributed by atoms with Gasteiger partial charge >= 0.3 is 0 Å². The van der Waals surface area contributed by atoms with Crippen LogP contribution in [0.15, 0.2) is 36.4 Å². The predicted molar refractivity (Wildman–Crippen MR) is 114 cm³/mol. The number of aromatic nitrogens is 2. The quantitative estimate of drug-likeness (QED) is 0.565. The van der Waals surface area contributed by atoms with Gasteiger partial charge in [0.2, 0.25) is 0 Å². The van der Waals surface area contributed by atoms with Gasteiger partial charge in [0.25, 0.3) is 11.6 Å². The lowest BCUT2D eigenvalue weighted by Crippen LogP contribution is -2.49. The number of hydrogen-bond donors (Lipinski definition) is 0. The van der Waals surface area contributed by atoms with Crippen molar-refractivity contribution in [3.63, 3.8) is 0 Å². The molecule has 2 aliphatic rings. The Hall–Kier alpha value is -3.23. The van der Waals surface area contributed by atoms with Gasteiger partial charge in [0.05, 0.1) is 4.92 Å². The van der Waals surface area contributed by atoms with Crippen LogP contribution < -0.4 is 9.80 Å². The van der Waals surface area contributed by atoms with E-state index in [-0.39, 0.29) is 11.6 Å². The molecule has 1 aromatic carbocycles. The van der Waals surface area contributed by atoms with Crippen LogP contribution in [0.4, 0.5) is 17.3 Å². The number of nitrogens with zero attached hydrogens (tertiary/aromatic N) is 6. The maximum Gasteiger partial charge on any atom is 0.269 e. The van der Waals surface area contributed by atoms with E-state index in [1.165, 1.54) is 37.1 Å². The number of benzene rings is 1. The number of non-ortho nitro benzene ring substituents is 1. The van der Waals surface area contributed by atoms with E-state index < -0.39 is 4.92 Å². The summed E-state index contributed by atoms with van der Waals surface area (Å²) < 4.78 is 0. The number of amides is 1. The maximum absolute atomic E-state index is 12.7. The number of carbonyl (C=O) groups excluding carboxylic acids is 1. The highest BCUT2D eigenvalue weighted by atomic mass is 16.6. The minimum atomic E-state index is -0.467. The SMILES string of the molecule is CC1CCN(c2ccc(N3CCN(C(=O)c4ccc([N+](=O)[O-])cc4)CC3)nn2)CC1. The molecule has 9 nitrogen and oxygen atoms in total. The Morgan fingerprint density at radius 3 is 1.93 bits per heavy atom. The molecule has 2 aromatic rings. The van der Waals surface area contributed by atoms with E-state index in [1.807, 2.05) is 12.1 Å². The normalized spacial score (nSPS) is 17.8. The summed E-state index contributed by atoms with van der Waals surface area (Å²) in [6.07, 6.45) is 2.38. The summed E-state index contributed by atoms with van der Waals surface area (Å²) >= 11 is 0. The molecule has 0 radical (unpaired) electrons. The molecular formula is C21H26N6O3. The number of nitro groups is 1. The van der Waals surface area contributed by atoms with Crippen LogP contribution in [-0.4, -0.2) is 65.2 Å². The zero-order valence-corrected chi connectivity index (χ0v) is 17.1. The second-order valence-corrected chi connectivity index (χ2v) is 8.00. The molecule has 2 saturated heterocycles. The van der Waals surface area contributed by atoms with Gasteiger partial charge < -0.3 is 14.7 Å². The summed E-state index contributed by atoms with van der Waals surface area (Å²) in [5.74, 6) is 2.42. The van der Waals surface area contributed by atoms with Crippen LogP contribution in [0.2, 0.25) is 0 Å². The number of nitro benzene ring substituents is 1. The van der Waals surface area contributed by atoms with E-state index in [0.717, 1.165) is 30.6 Å². The Morgan fingerprint density at radius 2 is 1.43 bits per heavy atom. The highest BCUT2D eigenvalue weighted by Gasteiger charge is 2.24. The van der Waals surface area contributed by atoms with Crippen molar-refractivity contribution in [2.75, 3.05) is 49.1 Å². The van der Waals surface area contributed by atoms with E-state index in [9.17, 15) is 14.9 Å². The fourth-order valence-corrected chi connectivity index (χ4v) is 3.94. The average Bonchev–Trinajstić information content (AvgIpc) is 2.79. The van der Waals surface area contributed by atoms with Crippen molar-refractivity contribution in [3.8, 4) is 0 Å². The predicted octanol–water partition coefficient (Wildman–Crippen LogP) is 2.58. The summed E-state index contributed by atoms with van der Waals surface area (Å²) in [6.45, 7) is 6.84. The van der Waals surface area contributed by atoms with Crippen molar-refractivity contribution < 1.29 is 9.72 Å². The minimum Gasteiger partial charge on any atom is -0.355 e. The monoisotopic (exact) mass is 410 g/mol. The number of anilines is 2. The zero-order valence-electron chi connectivity index (χ0n) is 17.1. The highest BCUT2D eigenvalue weighted by molar-refractivity contribution is 5.94. The maximum atomic E-state index is 12.7. The van der Waals surface area contributed by atoms with Crippen LogP contribution in [0.25, 0.3) is 0 Å². The Labute approximate surface area is 175 Å². The van der Waals surface area contributed by atoms with Gasteiger partial charge in [0.1, 0.15) is 0 Å². The minimum absolute atomic E-state index is 0.0162. The number of hydrogen-bond acceptors (Lipinski definition) is 7. The molecule has 158 valence electrons. The average molecular weight is 410 g/mol. The fourth-order valence-electron chi connectivity index (χ4n) is 3.94. The van der Waals surface area contributed by atoms with Gasteiger partial charge in [-0.1, -0.05) is 6.92 Å². The highest BCUT2D eigenvalue weighted by Crippen LogP contribution is 2.23. The van der Waals surface area contributed by atoms with Crippen LogP contribution >= 0.6 is 0 Å². The first-order valence-corrected chi connectivity index (χ1v) is 10.4. The van der Waals surface area contributed by atoms with Gasteiger partial charge in [-0.05, 0) is 43.0 Å². The van der Waals surface area contributed by atoms with Crippen LogP contribution in [0, 0.1) is 16.0 Å². The number of rotatable bonds is 4. The largest absolute Gasteiger partial charge is 0.355 e. The van der Waals surface area contributed by atoms with Gasteiger partial charge in [-0.25, -0.2) is 0 Å². The number of piperazine rings is 1. The Bertz CT molecular complexity index is 886. The van der Waals surface area contributed by atoms with Crippen molar-refractivity contribution in [1.82, 2.24) is 15.1 Å². The first-order valence-electron chi connectivity index (χ1n) is 10.4. The second kappa shape index (κ2) is 8.64. The second-order valence-electron chi connectivity index (χ2n) is 8.00. The molecule has 4 rings (SSSR count). The van der Waals surface area contributed by atoms with Gasteiger partial charge in [0, 0.05) is 57.0 Å². The summed E-state index contributed by atoms with van der Waals surface area (Å²) in [5, 5.41) is 19.6. The fraction of sp³-hybridized carbons (Fsp3) is 0.476. The van der Waals surface area contributed by atoms with Crippen LogP contribution in [0.3, 0.4) is 0 Å². The van der Waals surface area contributed by atoms with Crippen LogP contribution in [-0.2, 0) is 0 Å². The number of piperidine rings is 1. The van der Waals surface area contributed by atoms with Crippen molar-refractivity contribution in [2.24, 2.45) is 5.92 Å². The van der Waals surface area contributed by atoms with Crippen molar-refractivity contribution >= 4 is 23.2 Å². The molecule has 2 aliphatic heterocycles. The van der Waals surface area contributed by atoms with Gasteiger partial charge in [-0.2, -0.15) is 0 Å². The van der Waals surface area contributed by atoms with Crippen LogP contribution in [0.1, 0.15) is 30.1 Å². The van der Waals surface area contributed by atoms with Gasteiger partial charge in [-0.3, -0.25) is 14.9 Å². The Kier molecular flexibility index (Phi) is 5.78. The third-order valence-electron chi connectivity index (χ3n) is 5.96. The molecule has 0 aliphatic carbocycles. The lowest BCUT2D eigenvalue weighted by atomic mass is 9.99. The van der Waals surface area contributed by atoms with Crippen molar-refractivity contribution in [3.05, 3.63) is 52.1 Å². The Morgan fingerprint density at radius 1 is 0.900 bits per heavy atom. The van der Waals surface area contributed by atoms with Crippen LogP contribution in [0.5, 0.6) is 0 Å². The molecule has 30 heavy (non-hydrogen) atoms. The standard InChI is InChI=1S/C21H26N6O3/c1-16-8-10-24(11-9-16)19-6-7-20(23-22-19)25-12-14-26(15-13-25)21(28)17-2-4-18(5-3-17)27(29)30/h2-7,16H,8-15H2,1H3. The first kappa shape index (κ1) is 20.1. The van der Waals surface area contributed by atoms with E-state index >= 15 is 0 Å². The summed E-state index contributed by atoms with van der Waals surface area (Å²) in [6, 6.07) is 9.80. The third kappa shape index (κ3) is 4.34. The third-order valence-corrected chi connectivity index (χ3v) is 5.96. The molecule has 2 fully saturated rings. The number of carbonyl (C=O) groups is 1. The van der Waals surface area contributed by atoms with E-state index in [0.29, 0.717) is 31.7 Å². The lowest BCUT2D eigenvalue weighted by molar-refractivity contribution is -0.384. The summed E-state index contributed by atoms with van der Waals surface area (Å²) in [7, 11) is 0. The first-order chi connectivity index (χ1) is 14.5.